The Morgan fingerprint density at radius 2 is 1.66 bits per heavy atom. The number of ether oxygens (including phenoxy) is 1. The van der Waals surface area contributed by atoms with Gasteiger partial charge in [0.05, 0.1) is 22.9 Å². The molecule has 1 N–H and O–H groups in total. The molecule has 1 saturated heterocycles. The van der Waals surface area contributed by atoms with Crippen LogP contribution in [0.5, 0.6) is 5.88 Å². The Bertz CT molecular complexity index is 1230. The minimum atomic E-state index is -5.03. The fraction of sp³-hybridized carbons (Fsp3) is 0.364. The zero-order valence-electron chi connectivity index (χ0n) is 19.3. The van der Waals surface area contributed by atoms with Gasteiger partial charge in [-0.05, 0) is 29.8 Å². The number of urea groups is 1. The lowest BCUT2D eigenvalue weighted by Gasteiger charge is -2.34. The Kier molecular flexibility index (Phi) is 7.89. The molecule has 0 spiro atoms. The predicted molar refractivity (Wildman–Crippen MR) is 125 cm³/mol. The third kappa shape index (κ3) is 6.79. The van der Waals surface area contributed by atoms with Crippen molar-refractivity contribution in [1.82, 2.24) is 13.6 Å². The normalized spacial score (nSPS) is 16.6. The summed E-state index contributed by atoms with van der Waals surface area (Å²) in [6, 6.07) is 0.0531. The number of nitrogens with zero attached hydrogens (tertiary/aromatic N) is 5. The number of halogens is 7. The molecule has 16 heteroatoms. The molecule has 1 aromatic heterocycles. The van der Waals surface area contributed by atoms with E-state index in [1.807, 2.05) is 0 Å². The van der Waals surface area contributed by atoms with Crippen LogP contribution in [0.2, 0.25) is 0 Å². The zero-order valence-corrected chi connectivity index (χ0v) is 20.1. The number of amides is 2. The van der Waals surface area contributed by atoms with Crippen LogP contribution < -0.4 is 15.0 Å². The number of nitrogens with one attached hydrogen (secondary N) is 1. The highest BCUT2D eigenvalue weighted by atomic mass is 32.1. The van der Waals surface area contributed by atoms with Crippen molar-refractivity contribution in [3.8, 4) is 5.88 Å². The molecule has 0 atom stereocenters. The molecular weight excluding hydrogens is 545 g/mol. The van der Waals surface area contributed by atoms with E-state index in [0.29, 0.717) is 23.5 Å². The number of hydrogen-bond acceptors (Lipinski definition) is 7. The van der Waals surface area contributed by atoms with Crippen molar-refractivity contribution in [3.63, 3.8) is 0 Å². The van der Waals surface area contributed by atoms with Gasteiger partial charge in [0, 0.05) is 44.5 Å². The summed E-state index contributed by atoms with van der Waals surface area (Å²) in [5.74, 6) is 0.128. The molecule has 0 aliphatic carbocycles. The quantitative estimate of drug-likeness (QED) is 0.484. The van der Waals surface area contributed by atoms with Crippen LogP contribution in [0.25, 0.3) is 0 Å². The Morgan fingerprint density at radius 3 is 2.29 bits per heavy atom. The highest BCUT2D eigenvalue weighted by molar-refractivity contribution is 6.99. The van der Waals surface area contributed by atoms with Crippen molar-refractivity contribution in [2.75, 3.05) is 43.0 Å². The highest BCUT2D eigenvalue weighted by Crippen LogP contribution is 2.37. The van der Waals surface area contributed by atoms with Gasteiger partial charge in [-0.25, -0.2) is 9.79 Å². The van der Waals surface area contributed by atoms with Crippen molar-refractivity contribution in [3.05, 3.63) is 53.3 Å². The molecule has 1 fully saturated rings. The summed E-state index contributed by atoms with van der Waals surface area (Å²) < 4.78 is 106. The predicted octanol–water partition coefficient (Wildman–Crippen LogP) is 5.52. The van der Waals surface area contributed by atoms with E-state index in [1.54, 1.807) is 17.1 Å². The lowest BCUT2D eigenvalue weighted by molar-refractivity contribution is -0.143. The summed E-state index contributed by atoms with van der Waals surface area (Å²) >= 11 is 0.903. The number of aromatic nitrogens is 2. The minimum absolute atomic E-state index is 0.00924. The topological polar surface area (TPSA) is 83.0 Å². The summed E-state index contributed by atoms with van der Waals surface area (Å²) in [5.41, 5.74) is -2.98. The number of allylic oxidation sites excluding steroid dienone is 1. The molecule has 204 valence electrons. The van der Waals surface area contributed by atoms with Crippen LogP contribution in [-0.2, 0) is 12.4 Å². The summed E-state index contributed by atoms with van der Waals surface area (Å²) in [4.78, 5) is 19.2. The van der Waals surface area contributed by atoms with Gasteiger partial charge < -0.3 is 19.9 Å². The smallest absolute Gasteiger partial charge is 0.416 e. The van der Waals surface area contributed by atoms with Crippen LogP contribution in [0.3, 0.4) is 0 Å². The second-order valence-corrected chi connectivity index (χ2v) is 8.71. The van der Waals surface area contributed by atoms with Gasteiger partial charge in [0.25, 0.3) is 5.88 Å². The Balaban J connectivity index is 1.36. The first-order valence-electron chi connectivity index (χ1n) is 11.0. The molecule has 2 aromatic rings. The van der Waals surface area contributed by atoms with Gasteiger partial charge in [-0.1, -0.05) is 6.08 Å². The van der Waals surface area contributed by atoms with E-state index in [1.165, 1.54) is 11.1 Å². The van der Waals surface area contributed by atoms with Crippen LogP contribution in [0.4, 0.5) is 47.0 Å². The van der Waals surface area contributed by atoms with E-state index in [2.05, 4.69) is 19.1 Å². The van der Waals surface area contributed by atoms with Crippen LogP contribution in [0, 0.1) is 0 Å². The van der Waals surface area contributed by atoms with E-state index in [0.717, 1.165) is 11.7 Å². The molecule has 2 amide bonds. The molecule has 4 rings (SSSR count). The van der Waals surface area contributed by atoms with Crippen molar-refractivity contribution in [1.29, 1.82) is 0 Å². The molecule has 1 aromatic carbocycles. The average Bonchev–Trinajstić information content (AvgIpc) is 3.23. The molecule has 0 saturated carbocycles. The molecule has 0 bridgehead atoms. The summed E-state index contributed by atoms with van der Waals surface area (Å²) in [7, 11) is 0. The molecule has 0 unspecified atom stereocenters. The first-order valence-corrected chi connectivity index (χ1v) is 11.8. The van der Waals surface area contributed by atoms with Crippen LogP contribution >= 0.6 is 11.7 Å². The fourth-order valence-electron chi connectivity index (χ4n) is 3.62. The van der Waals surface area contributed by atoms with Crippen molar-refractivity contribution in [2.45, 2.75) is 18.8 Å². The van der Waals surface area contributed by atoms with Crippen LogP contribution in [0.1, 0.15) is 17.5 Å². The van der Waals surface area contributed by atoms with E-state index in [9.17, 15) is 35.5 Å². The summed E-state index contributed by atoms with van der Waals surface area (Å²) in [5, 5.41) is 2.13. The minimum Gasteiger partial charge on any atom is -0.470 e. The maximum absolute atomic E-state index is 13.2. The number of hydrogen-bond donors (Lipinski definition) is 1. The molecule has 2 aliphatic rings. The highest BCUT2D eigenvalue weighted by Gasteiger charge is 2.37. The van der Waals surface area contributed by atoms with Crippen molar-refractivity contribution in [2.24, 2.45) is 4.99 Å². The third-order valence-electron chi connectivity index (χ3n) is 5.56. The Morgan fingerprint density at radius 1 is 1.00 bits per heavy atom. The van der Waals surface area contributed by atoms with Gasteiger partial charge >= 0.3 is 18.4 Å². The number of aliphatic imine (C=N–C) groups is 1. The van der Waals surface area contributed by atoms with Crippen LogP contribution in [0.15, 0.2) is 47.1 Å². The first kappa shape index (κ1) is 27.3. The third-order valence-corrected chi connectivity index (χ3v) is 6.06. The molecule has 38 heavy (non-hydrogen) atoms. The van der Waals surface area contributed by atoms with E-state index in [4.69, 9.17) is 4.74 Å². The standard InChI is InChI=1S/C22H19F7N6O2S/c23-17-2-1-13(3-4-30-17)12-37-19-18(32-38-33-19)34-5-7-35(8-6-34)20(36)31-16-10-14(21(24,25)26)9-15(11-16)22(27,28)29/h1,3-4,9-11H,2,5-8,12H2,(H,31,36). The monoisotopic (exact) mass is 564 g/mol. The van der Waals surface area contributed by atoms with Gasteiger partial charge in [0.1, 0.15) is 6.61 Å². The largest absolute Gasteiger partial charge is 0.470 e. The molecule has 0 radical (unpaired) electrons. The maximum Gasteiger partial charge on any atom is 0.416 e. The molecule has 3 heterocycles. The number of carbonyl (C=O) groups excluding carboxylic acids is 1. The van der Waals surface area contributed by atoms with Gasteiger partial charge in [0.15, 0.2) is 5.97 Å². The van der Waals surface area contributed by atoms with Gasteiger partial charge in [-0.15, -0.1) is 4.37 Å². The summed E-state index contributed by atoms with van der Waals surface area (Å²) in [6.45, 7) is 0.828. The summed E-state index contributed by atoms with van der Waals surface area (Å²) in [6.07, 6.45) is -5.46. The first-order chi connectivity index (χ1) is 17.9. The van der Waals surface area contributed by atoms with Gasteiger partial charge in [-0.2, -0.15) is 35.1 Å². The average molecular weight is 564 g/mol. The number of piperazine rings is 1. The SMILES string of the molecule is O=C(Nc1cc(C(F)(F)F)cc(C(F)(F)F)c1)N1CCN(c2nsnc2OCC2=CCC(F)=NC=C2)CC1. The number of carbonyl (C=O) groups is 1. The number of anilines is 2. The van der Waals surface area contributed by atoms with Gasteiger partial charge in [0.2, 0.25) is 5.82 Å². The van der Waals surface area contributed by atoms with Crippen molar-refractivity contribution >= 4 is 35.2 Å². The van der Waals surface area contributed by atoms with Crippen LogP contribution in [-0.4, -0.2) is 58.4 Å². The lowest BCUT2D eigenvalue weighted by atomic mass is 10.1. The molecule has 2 aliphatic heterocycles. The van der Waals surface area contributed by atoms with Crippen molar-refractivity contribution < 1.29 is 40.3 Å². The molecular formula is C22H19F7N6O2S. The lowest BCUT2D eigenvalue weighted by Crippen LogP contribution is -2.50. The van der Waals surface area contributed by atoms with E-state index >= 15 is 0 Å². The number of benzene rings is 1. The maximum atomic E-state index is 13.2. The Hall–Kier alpha value is -3.69. The second kappa shape index (κ2) is 11.0. The van der Waals surface area contributed by atoms with Gasteiger partial charge in [-0.3, -0.25) is 0 Å². The van der Waals surface area contributed by atoms with E-state index < -0.39 is 41.2 Å². The fourth-order valence-corrected chi connectivity index (χ4v) is 4.14. The zero-order chi connectivity index (χ0) is 27.5. The second-order valence-electron chi connectivity index (χ2n) is 8.18. The van der Waals surface area contributed by atoms with E-state index in [-0.39, 0.29) is 51.2 Å². The number of rotatable bonds is 5. The number of alkyl halides is 6. The molecule has 8 nitrogen and oxygen atoms in total. The Labute approximate surface area is 215 Å².